The van der Waals surface area contributed by atoms with Crippen LogP contribution in [0.2, 0.25) is 0 Å². The van der Waals surface area contributed by atoms with Crippen molar-refractivity contribution in [2.45, 2.75) is 51.9 Å². The van der Waals surface area contributed by atoms with E-state index < -0.39 is 5.60 Å². The second-order valence-corrected chi connectivity index (χ2v) is 8.06. The molecule has 6 nitrogen and oxygen atoms in total. The maximum absolute atomic E-state index is 10.6. The number of hydrogen-bond acceptors (Lipinski definition) is 5. The minimum Gasteiger partial charge on any atom is -0.383 e. The number of rotatable bonds is 8. The Bertz CT molecular complexity index is 538. The van der Waals surface area contributed by atoms with Gasteiger partial charge in [0.15, 0.2) is 5.96 Å². The molecule has 3 atom stereocenters. The van der Waals surface area contributed by atoms with Gasteiger partial charge < -0.3 is 20.5 Å². The molecule has 2 heterocycles. The Morgan fingerprint density at radius 3 is 2.73 bits per heavy atom. The lowest BCUT2D eigenvalue weighted by Crippen LogP contribution is -2.46. The van der Waals surface area contributed by atoms with Gasteiger partial charge in [-0.3, -0.25) is 4.90 Å². The van der Waals surface area contributed by atoms with Crippen LogP contribution in [0, 0.1) is 0 Å². The number of aliphatic hydroxyl groups is 1. The molecule has 1 aromatic heterocycles. The van der Waals surface area contributed by atoms with Gasteiger partial charge in [0.05, 0.1) is 18.8 Å². The first-order chi connectivity index (χ1) is 12.4. The lowest BCUT2D eigenvalue weighted by molar-refractivity contribution is -0.0679. The van der Waals surface area contributed by atoms with E-state index >= 15 is 0 Å². The molecule has 7 heteroatoms. The van der Waals surface area contributed by atoms with Crippen LogP contribution in [0.5, 0.6) is 0 Å². The zero-order valence-corrected chi connectivity index (χ0v) is 17.3. The molecule has 148 valence electrons. The Balaban J connectivity index is 1.77. The number of morpholine rings is 1. The van der Waals surface area contributed by atoms with E-state index in [1.807, 2.05) is 30.7 Å². The lowest BCUT2D eigenvalue weighted by atomic mass is 10.00. The van der Waals surface area contributed by atoms with Crippen LogP contribution in [0.4, 0.5) is 0 Å². The summed E-state index contributed by atoms with van der Waals surface area (Å²) >= 11 is 1.59. The predicted octanol–water partition coefficient (Wildman–Crippen LogP) is 2.01. The van der Waals surface area contributed by atoms with E-state index in [2.05, 4.69) is 34.4 Å². The second kappa shape index (κ2) is 10.3. The second-order valence-electron chi connectivity index (χ2n) is 7.28. The predicted molar refractivity (Wildman–Crippen MR) is 109 cm³/mol. The number of guanidine groups is 1. The summed E-state index contributed by atoms with van der Waals surface area (Å²) in [5.41, 5.74) is -0.0275. The van der Waals surface area contributed by atoms with Crippen LogP contribution in [0.1, 0.15) is 39.7 Å². The number of nitrogens with zero attached hydrogens (tertiary/aromatic N) is 2. The van der Waals surface area contributed by atoms with Crippen LogP contribution < -0.4 is 10.6 Å². The molecule has 26 heavy (non-hydrogen) atoms. The molecular weight excluding hydrogens is 348 g/mol. The highest BCUT2D eigenvalue weighted by molar-refractivity contribution is 7.08. The summed E-state index contributed by atoms with van der Waals surface area (Å²) < 4.78 is 5.78. The molecule has 3 unspecified atom stereocenters. The monoisotopic (exact) mass is 382 g/mol. The molecule has 1 aliphatic heterocycles. The van der Waals surface area contributed by atoms with Crippen molar-refractivity contribution >= 4 is 17.3 Å². The summed E-state index contributed by atoms with van der Waals surface area (Å²) in [5, 5.41) is 21.2. The highest BCUT2D eigenvalue weighted by atomic mass is 32.1. The minimum atomic E-state index is -0.942. The smallest absolute Gasteiger partial charge is 0.191 e. The zero-order chi connectivity index (χ0) is 19.0. The fourth-order valence-electron chi connectivity index (χ4n) is 3.21. The average Bonchev–Trinajstić information content (AvgIpc) is 3.11. The summed E-state index contributed by atoms with van der Waals surface area (Å²) in [6, 6.07) is 1.95. The Morgan fingerprint density at radius 2 is 2.12 bits per heavy atom. The molecule has 0 aliphatic carbocycles. The maximum Gasteiger partial charge on any atom is 0.191 e. The largest absolute Gasteiger partial charge is 0.383 e. The highest BCUT2D eigenvalue weighted by Crippen LogP contribution is 2.23. The van der Waals surface area contributed by atoms with Gasteiger partial charge in [-0.1, -0.05) is 0 Å². The van der Waals surface area contributed by atoms with E-state index in [1.54, 1.807) is 11.3 Å². The third-order valence-electron chi connectivity index (χ3n) is 4.47. The van der Waals surface area contributed by atoms with Crippen LogP contribution in [-0.2, 0) is 10.3 Å². The number of hydrogen-bond donors (Lipinski definition) is 3. The number of aliphatic imine (C=N–C) groups is 1. The molecule has 0 saturated carbocycles. The van der Waals surface area contributed by atoms with Crippen LogP contribution in [-0.4, -0.2) is 67.4 Å². The summed E-state index contributed by atoms with van der Waals surface area (Å²) in [6.07, 6.45) is 1.67. The van der Waals surface area contributed by atoms with E-state index in [0.29, 0.717) is 18.8 Å². The lowest BCUT2D eigenvalue weighted by Gasteiger charge is -2.35. The minimum absolute atomic E-state index is 0.310. The number of nitrogens with one attached hydrogen (secondary N) is 2. The standard InChI is InChI=1S/C19H34N4O2S/c1-5-20-18(22-14-19(4,24)17-7-10-26-13-17)21-8-6-9-23-11-15(2)25-16(3)12-23/h7,10,13,15-16,24H,5-6,8-9,11-12,14H2,1-4H3,(H2,20,21,22). The first kappa shape index (κ1) is 21.2. The molecule has 3 N–H and O–H groups in total. The van der Waals surface area contributed by atoms with Gasteiger partial charge >= 0.3 is 0 Å². The molecule has 1 aliphatic rings. The van der Waals surface area contributed by atoms with Gasteiger partial charge in [-0.2, -0.15) is 11.3 Å². The van der Waals surface area contributed by atoms with Gasteiger partial charge in [-0.15, -0.1) is 0 Å². The van der Waals surface area contributed by atoms with Crippen LogP contribution in [0.15, 0.2) is 21.8 Å². The van der Waals surface area contributed by atoms with Crippen molar-refractivity contribution < 1.29 is 9.84 Å². The molecule has 0 aromatic carbocycles. The van der Waals surface area contributed by atoms with Gasteiger partial charge in [0.1, 0.15) is 5.60 Å². The molecular formula is C19H34N4O2S. The fourth-order valence-corrected chi connectivity index (χ4v) is 4.00. The molecule has 0 radical (unpaired) electrons. The van der Waals surface area contributed by atoms with E-state index in [1.165, 1.54) is 0 Å². The summed E-state index contributed by atoms with van der Waals surface area (Å²) in [4.78, 5) is 7.03. The molecule has 1 fully saturated rings. The molecule has 0 bridgehead atoms. The van der Waals surface area contributed by atoms with E-state index in [4.69, 9.17) is 4.74 Å². The van der Waals surface area contributed by atoms with Crippen molar-refractivity contribution in [1.82, 2.24) is 15.5 Å². The molecule has 0 amide bonds. The Kier molecular flexibility index (Phi) is 8.34. The van der Waals surface area contributed by atoms with Crippen molar-refractivity contribution in [3.05, 3.63) is 22.4 Å². The van der Waals surface area contributed by atoms with Crippen molar-refractivity contribution in [1.29, 1.82) is 0 Å². The van der Waals surface area contributed by atoms with Crippen LogP contribution in [0.3, 0.4) is 0 Å². The highest BCUT2D eigenvalue weighted by Gasteiger charge is 2.23. The number of ether oxygens (including phenoxy) is 1. The normalized spacial score (nSPS) is 24.3. The summed E-state index contributed by atoms with van der Waals surface area (Å²) in [6.45, 7) is 13.2. The first-order valence-electron chi connectivity index (χ1n) is 9.55. The Hall–Kier alpha value is -1.15. The Morgan fingerprint density at radius 1 is 1.38 bits per heavy atom. The topological polar surface area (TPSA) is 69.1 Å². The fraction of sp³-hybridized carbons (Fsp3) is 0.737. The van der Waals surface area contributed by atoms with Crippen LogP contribution >= 0.6 is 11.3 Å². The maximum atomic E-state index is 10.6. The van der Waals surface area contributed by atoms with Gasteiger partial charge in [-0.25, -0.2) is 4.99 Å². The Labute approximate surface area is 161 Å². The zero-order valence-electron chi connectivity index (χ0n) is 16.5. The third-order valence-corrected chi connectivity index (χ3v) is 5.15. The van der Waals surface area contributed by atoms with Gasteiger partial charge in [0.25, 0.3) is 0 Å². The molecule has 1 aromatic rings. The van der Waals surface area contributed by atoms with Crippen molar-refractivity contribution in [3.8, 4) is 0 Å². The van der Waals surface area contributed by atoms with E-state index in [0.717, 1.165) is 50.7 Å². The SMILES string of the molecule is CCNC(=NCC(C)(O)c1ccsc1)NCCCN1CC(C)OC(C)C1. The van der Waals surface area contributed by atoms with Gasteiger partial charge in [0.2, 0.25) is 0 Å². The number of thiophene rings is 1. The van der Waals surface area contributed by atoms with E-state index in [9.17, 15) is 5.11 Å². The molecule has 1 saturated heterocycles. The third kappa shape index (κ3) is 6.87. The van der Waals surface area contributed by atoms with E-state index in [-0.39, 0.29) is 0 Å². The molecule has 2 rings (SSSR count). The first-order valence-corrected chi connectivity index (χ1v) is 10.5. The summed E-state index contributed by atoms with van der Waals surface area (Å²) in [7, 11) is 0. The van der Waals surface area contributed by atoms with Crippen molar-refractivity contribution in [3.63, 3.8) is 0 Å². The van der Waals surface area contributed by atoms with Crippen molar-refractivity contribution in [2.24, 2.45) is 4.99 Å². The summed E-state index contributed by atoms with van der Waals surface area (Å²) in [5.74, 6) is 0.756. The van der Waals surface area contributed by atoms with Crippen LogP contribution in [0.25, 0.3) is 0 Å². The quantitative estimate of drug-likeness (QED) is 0.365. The van der Waals surface area contributed by atoms with Crippen molar-refractivity contribution in [2.75, 3.05) is 39.3 Å². The van der Waals surface area contributed by atoms with Gasteiger partial charge in [0, 0.05) is 32.7 Å². The molecule has 0 spiro atoms. The van der Waals surface area contributed by atoms with Gasteiger partial charge in [-0.05, 0) is 56.5 Å². The average molecular weight is 383 g/mol.